The van der Waals surface area contributed by atoms with Crippen LogP contribution in [0.3, 0.4) is 0 Å². The first-order chi connectivity index (χ1) is 7.69. The molecule has 1 rings (SSSR count). The van der Waals surface area contributed by atoms with Crippen molar-refractivity contribution in [3.8, 4) is 0 Å². The Labute approximate surface area is 102 Å². The summed E-state index contributed by atoms with van der Waals surface area (Å²) < 4.78 is 0. The fourth-order valence-electron chi connectivity index (χ4n) is 1.93. The van der Waals surface area contributed by atoms with E-state index in [1.165, 1.54) is 0 Å². The summed E-state index contributed by atoms with van der Waals surface area (Å²) in [5, 5.41) is 8.87. The summed E-state index contributed by atoms with van der Waals surface area (Å²) in [7, 11) is 0. The first-order valence-corrected chi connectivity index (χ1v) is 6.40. The molecule has 1 amide bonds. The Bertz CT molecular complexity index is 226. The standard InChI is InChI=1S/C11H21ClN2O2/c1-10(9-12)11(16)14-4-2-3-13(5-6-14)7-8-15/h10,15H,2-9H2,1H3. The first kappa shape index (κ1) is 13.7. The highest BCUT2D eigenvalue weighted by Crippen LogP contribution is 2.09. The van der Waals surface area contributed by atoms with Gasteiger partial charge in [0.1, 0.15) is 0 Å². The molecule has 1 saturated heterocycles. The Hall–Kier alpha value is -0.320. The molecule has 0 bridgehead atoms. The van der Waals surface area contributed by atoms with E-state index in [-0.39, 0.29) is 18.4 Å². The summed E-state index contributed by atoms with van der Waals surface area (Å²) in [4.78, 5) is 16.0. The van der Waals surface area contributed by atoms with E-state index < -0.39 is 0 Å². The van der Waals surface area contributed by atoms with Crippen LogP contribution < -0.4 is 0 Å². The lowest BCUT2D eigenvalue weighted by Gasteiger charge is -2.23. The molecule has 0 aromatic rings. The van der Waals surface area contributed by atoms with Gasteiger partial charge in [-0.1, -0.05) is 6.92 Å². The second kappa shape index (κ2) is 7.09. The maximum absolute atomic E-state index is 11.9. The molecular weight excluding hydrogens is 228 g/mol. The number of halogens is 1. The number of carbonyl (C=O) groups is 1. The van der Waals surface area contributed by atoms with Crippen molar-refractivity contribution in [2.45, 2.75) is 13.3 Å². The van der Waals surface area contributed by atoms with E-state index >= 15 is 0 Å². The Morgan fingerprint density at radius 1 is 1.38 bits per heavy atom. The quantitative estimate of drug-likeness (QED) is 0.732. The van der Waals surface area contributed by atoms with Gasteiger partial charge in [0.2, 0.25) is 5.91 Å². The number of aliphatic hydroxyl groups is 1. The Kier molecular flexibility index (Phi) is 6.09. The topological polar surface area (TPSA) is 43.8 Å². The van der Waals surface area contributed by atoms with Crippen LogP contribution in [0.1, 0.15) is 13.3 Å². The van der Waals surface area contributed by atoms with Crippen LogP contribution in [-0.4, -0.2) is 66.0 Å². The van der Waals surface area contributed by atoms with Crippen LogP contribution in [-0.2, 0) is 4.79 Å². The maximum atomic E-state index is 11.9. The van der Waals surface area contributed by atoms with Gasteiger partial charge in [0, 0.05) is 38.0 Å². The van der Waals surface area contributed by atoms with E-state index in [4.69, 9.17) is 16.7 Å². The van der Waals surface area contributed by atoms with Gasteiger partial charge >= 0.3 is 0 Å². The van der Waals surface area contributed by atoms with Gasteiger partial charge in [-0.15, -0.1) is 11.6 Å². The molecule has 1 fully saturated rings. The molecule has 0 spiro atoms. The summed E-state index contributed by atoms with van der Waals surface area (Å²) in [6.45, 7) is 6.12. The second-order valence-electron chi connectivity index (χ2n) is 4.30. The van der Waals surface area contributed by atoms with Gasteiger partial charge in [0.25, 0.3) is 0 Å². The number of hydrogen-bond acceptors (Lipinski definition) is 3. The zero-order chi connectivity index (χ0) is 12.0. The van der Waals surface area contributed by atoms with Gasteiger partial charge in [-0.05, 0) is 13.0 Å². The number of nitrogens with zero attached hydrogens (tertiary/aromatic N) is 2. The van der Waals surface area contributed by atoms with Crippen molar-refractivity contribution in [1.29, 1.82) is 0 Å². The summed E-state index contributed by atoms with van der Waals surface area (Å²) in [6, 6.07) is 0. The SMILES string of the molecule is CC(CCl)C(=O)N1CCCN(CCO)CC1. The number of hydrogen-bond donors (Lipinski definition) is 1. The van der Waals surface area contributed by atoms with E-state index in [0.29, 0.717) is 12.4 Å². The fourth-order valence-corrected chi connectivity index (χ4v) is 2.07. The minimum absolute atomic E-state index is 0.0916. The molecule has 0 saturated carbocycles. The molecule has 0 aromatic heterocycles. The van der Waals surface area contributed by atoms with Crippen molar-refractivity contribution in [2.24, 2.45) is 5.92 Å². The van der Waals surface area contributed by atoms with Crippen molar-refractivity contribution in [2.75, 3.05) is 45.2 Å². The summed E-state index contributed by atoms with van der Waals surface area (Å²) >= 11 is 5.69. The zero-order valence-electron chi connectivity index (χ0n) is 9.86. The number of β-amino-alcohol motifs (C(OH)–C–C–N with tert-alkyl or cyclic N) is 1. The molecule has 1 N–H and O–H groups in total. The Morgan fingerprint density at radius 3 is 2.75 bits per heavy atom. The molecular formula is C11H21ClN2O2. The lowest BCUT2D eigenvalue weighted by Crippen LogP contribution is -2.39. The van der Waals surface area contributed by atoms with E-state index in [0.717, 1.165) is 32.6 Å². The molecule has 0 aromatic carbocycles. The van der Waals surface area contributed by atoms with Gasteiger partial charge in [0.15, 0.2) is 0 Å². The molecule has 94 valence electrons. The van der Waals surface area contributed by atoms with E-state index in [1.54, 1.807) is 0 Å². The molecule has 1 atom stereocenters. The average molecular weight is 249 g/mol. The van der Waals surface area contributed by atoms with Crippen LogP contribution in [0.5, 0.6) is 0 Å². The molecule has 16 heavy (non-hydrogen) atoms. The third kappa shape index (κ3) is 3.92. The second-order valence-corrected chi connectivity index (χ2v) is 4.61. The van der Waals surface area contributed by atoms with Crippen LogP contribution >= 0.6 is 11.6 Å². The van der Waals surface area contributed by atoms with Gasteiger partial charge in [0.05, 0.1) is 6.61 Å². The minimum Gasteiger partial charge on any atom is -0.395 e. The molecule has 1 unspecified atom stereocenters. The molecule has 1 heterocycles. The highest BCUT2D eigenvalue weighted by Gasteiger charge is 2.22. The smallest absolute Gasteiger partial charge is 0.226 e. The molecule has 0 radical (unpaired) electrons. The van der Waals surface area contributed by atoms with Crippen LogP contribution in [0.25, 0.3) is 0 Å². The van der Waals surface area contributed by atoms with Crippen LogP contribution in [0.4, 0.5) is 0 Å². The molecule has 1 aliphatic heterocycles. The number of alkyl halides is 1. The predicted molar refractivity (Wildman–Crippen MR) is 64.6 cm³/mol. The molecule has 0 aliphatic carbocycles. The number of carbonyl (C=O) groups excluding carboxylic acids is 1. The number of amides is 1. The minimum atomic E-state index is -0.0916. The van der Waals surface area contributed by atoms with Gasteiger partial charge < -0.3 is 10.0 Å². The Balaban J connectivity index is 2.43. The van der Waals surface area contributed by atoms with E-state index in [2.05, 4.69) is 4.90 Å². The lowest BCUT2D eigenvalue weighted by molar-refractivity contribution is -0.134. The van der Waals surface area contributed by atoms with Crippen molar-refractivity contribution in [3.05, 3.63) is 0 Å². The maximum Gasteiger partial charge on any atom is 0.226 e. The summed E-state index contributed by atoms with van der Waals surface area (Å²) in [6.07, 6.45) is 0.973. The van der Waals surface area contributed by atoms with Crippen molar-refractivity contribution in [1.82, 2.24) is 9.80 Å². The first-order valence-electron chi connectivity index (χ1n) is 5.87. The van der Waals surface area contributed by atoms with Crippen molar-refractivity contribution < 1.29 is 9.90 Å². The fraction of sp³-hybridized carbons (Fsp3) is 0.909. The molecule has 4 nitrogen and oxygen atoms in total. The summed E-state index contributed by atoms with van der Waals surface area (Å²) in [5.41, 5.74) is 0. The largest absolute Gasteiger partial charge is 0.395 e. The summed E-state index contributed by atoms with van der Waals surface area (Å²) in [5.74, 6) is 0.447. The Morgan fingerprint density at radius 2 is 2.12 bits per heavy atom. The van der Waals surface area contributed by atoms with E-state index in [9.17, 15) is 4.79 Å². The molecule has 1 aliphatic rings. The van der Waals surface area contributed by atoms with E-state index in [1.807, 2.05) is 11.8 Å². The van der Waals surface area contributed by atoms with Gasteiger partial charge in [-0.2, -0.15) is 0 Å². The van der Waals surface area contributed by atoms with Crippen molar-refractivity contribution in [3.63, 3.8) is 0 Å². The zero-order valence-corrected chi connectivity index (χ0v) is 10.6. The highest BCUT2D eigenvalue weighted by molar-refractivity contribution is 6.19. The third-order valence-corrected chi connectivity index (χ3v) is 3.43. The monoisotopic (exact) mass is 248 g/mol. The lowest BCUT2D eigenvalue weighted by atomic mass is 10.2. The van der Waals surface area contributed by atoms with Crippen LogP contribution in [0.15, 0.2) is 0 Å². The van der Waals surface area contributed by atoms with Gasteiger partial charge in [-0.3, -0.25) is 9.69 Å². The third-order valence-electron chi connectivity index (χ3n) is 2.97. The predicted octanol–water partition coefficient (Wildman–Crippen LogP) is 0.388. The van der Waals surface area contributed by atoms with Crippen LogP contribution in [0.2, 0.25) is 0 Å². The van der Waals surface area contributed by atoms with Gasteiger partial charge in [-0.25, -0.2) is 0 Å². The molecule has 5 heteroatoms. The van der Waals surface area contributed by atoms with Crippen molar-refractivity contribution >= 4 is 17.5 Å². The highest BCUT2D eigenvalue weighted by atomic mass is 35.5. The normalized spacial score (nSPS) is 20.6. The number of rotatable bonds is 4. The van der Waals surface area contributed by atoms with Crippen LogP contribution in [0, 0.1) is 5.92 Å². The average Bonchev–Trinajstić information content (AvgIpc) is 2.53. The number of aliphatic hydroxyl groups excluding tert-OH is 1.